The maximum Gasteiger partial charge on any atom is 0.270 e. The summed E-state index contributed by atoms with van der Waals surface area (Å²) in [6, 6.07) is 0.207. The Morgan fingerprint density at radius 2 is 1.91 bits per heavy atom. The van der Waals surface area contributed by atoms with Crippen molar-refractivity contribution in [2.75, 3.05) is 46.1 Å². The molecule has 2 saturated heterocycles. The molecule has 1 aromatic rings. The quantitative estimate of drug-likeness (QED) is 0.851. The van der Waals surface area contributed by atoms with Crippen molar-refractivity contribution in [3.63, 3.8) is 0 Å². The number of aromatic nitrogens is 2. The van der Waals surface area contributed by atoms with Gasteiger partial charge in [0.1, 0.15) is 5.69 Å². The van der Waals surface area contributed by atoms with E-state index in [2.05, 4.69) is 15.3 Å². The van der Waals surface area contributed by atoms with Gasteiger partial charge in [-0.25, -0.2) is 0 Å². The molecule has 1 N–H and O–H groups in total. The minimum Gasteiger partial charge on any atom is -0.381 e. The molecule has 23 heavy (non-hydrogen) atoms. The first-order valence-corrected chi connectivity index (χ1v) is 8.45. The molecule has 128 valence electrons. The predicted molar refractivity (Wildman–Crippen MR) is 85.5 cm³/mol. The third kappa shape index (κ3) is 4.31. The molecule has 2 aliphatic heterocycles. The van der Waals surface area contributed by atoms with Crippen LogP contribution < -0.4 is 5.32 Å². The van der Waals surface area contributed by atoms with Crippen molar-refractivity contribution in [3.05, 3.63) is 17.5 Å². The van der Waals surface area contributed by atoms with E-state index in [0.717, 1.165) is 71.0 Å². The molecule has 0 bridgehead atoms. The van der Waals surface area contributed by atoms with Crippen LogP contribution in [-0.2, 0) is 16.0 Å². The first-order chi connectivity index (χ1) is 11.2. The van der Waals surface area contributed by atoms with Crippen LogP contribution in [0.2, 0.25) is 0 Å². The summed E-state index contributed by atoms with van der Waals surface area (Å²) in [5, 5.41) is 7.51. The summed E-state index contributed by atoms with van der Waals surface area (Å²) >= 11 is 0. The number of aryl methyl sites for hydroxylation is 1. The highest BCUT2D eigenvalue weighted by Gasteiger charge is 2.21. The van der Waals surface area contributed by atoms with Crippen LogP contribution in [0.25, 0.3) is 0 Å². The van der Waals surface area contributed by atoms with Crippen LogP contribution in [0.5, 0.6) is 0 Å². The Bertz CT molecular complexity index is 519. The molecule has 7 heteroatoms. The second kappa shape index (κ2) is 7.90. The van der Waals surface area contributed by atoms with Crippen molar-refractivity contribution in [3.8, 4) is 0 Å². The van der Waals surface area contributed by atoms with E-state index in [1.807, 2.05) is 11.6 Å². The van der Waals surface area contributed by atoms with E-state index in [4.69, 9.17) is 9.47 Å². The number of nitrogens with zero attached hydrogens (tertiary/aromatic N) is 3. The number of hydrogen-bond donors (Lipinski definition) is 1. The third-order valence-electron chi connectivity index (χ3n) is 4.53. The Morgan fingerprint density at radius 1 is 1.22 bits per heavy atom. The summed E-state index contributed by atoms with van der Waals surface area (Å²) in [4.78, 5) is 15.0. The van der Waals surface area contributed by atoms with Gasteiger partial charge in [-0.15, -0.1) is 0 Å². The van der Waals surface area contributed by atoms with E-state index in [0.29, 0.717) is 5.69 Å². The Hall–Kier alpha value is -1.44. The molecule has 0 atom stereocenters. The molecule has 0 saturated carbocycles. The lowest BCUT2D eigenvalue weighted by Crippen LogP contribution is -2.41. The molecule has 1 aromatic heterocycles. The fourth-order valence-corrected chi connectivity index (χ4v) is 3.10. The van der Waals surface area contributed by atoms with E-state index in [1.54, 1.807) is 6.20 Å². The van der Waals surface area contributed by atoms with Gasteiger partial charge >= 0.3 is 0 Å². The highest BCUT2D eigenvalue weighted by atomic mass is 16.5. The van der Waals surface area contributed by atoms with E-state index in [-0.39, 0.29) is 11.9 Å². The lowest BCUT2D eigenvalue weighted by molar-refractivity contribution is 0.0358. The van der Waals surface area contributed by atoms with Gasteiger partial charge < -0.3 is 14.8 Å². The summed E-state index contributed by atoms with van der Waals surface area (Å²) < 4.78 is 12.5. The highest BCUT2D eigenvalue weighted by Crippen LogP contribution is 2.11. The summed E-state index contributed by atoms with van der Waals surface area (Å²) in [6.07, 6.45) is 3.54. The first-order valence-electron chi connectivity index (χ1n) is 8.45. The molecular weight excluding hydrogens is 296 g/mol. The van der Waals surface area contributed by atoms with Crippen molar-refractivity contribution < 1.29 is 14.3 Å². The maximum absolute atomic E-state index is 12.6. The van der Waals surface area contributed by atoms with Crippen molar-refractivity contribution in [2.24, 2.45) is 0 Å². The molecule has 7 nitrogen and oxygen atoms in total. The minimum atomic E-state index is -0.0196. The largest absolute Gasteiger partial charge is 0.381 e. The van der Waals surface area contributed by atoms with Gasteiger partial charge in [0, 0.05) is 38.9 Å². The smallest absolute Gasteiger partial charge is 0.270 e. The van der Waals surface area contributed by atoms with Crippen LogP contribution in [0.15, 0.2) is 6.20 Å². The van der Waals surface area contributed by atoms with Crippen molar-refractivity contribution in [1.82, 2.24) is 20.0 Å². The maximum atomic E-state index is 12.6. The second-order valence-corrected chi connectivity index (χ2v) is 6.21. The molecule has 0 spiro atoms. The molecule has 0 radical (unpaired) electrons. The summed E-state index contributed by atoms with van der Waals surface area (Å²) in [5.41, 5.74) is 1.61. The average molecular weight is 322 g/mol. The van der Waals surface area contributed by atoms with Gasteiger partial charge in [-0.05, 0) is 25.3 Å². The Labute approximate surface area is 136 Å². The zero-order valence-corrected chi connectivity index (χ0v) is 13.8. The molecular formula is C16H26N4O3. The summed E-state index contributed by atoms with van der Waals surface area (Å²) in [6.45, 7) is 8.47. The highest BCUT2D eigenvalue weighted by molar-refractivity contribution is 5.94. The number of carbonyl (C=O) groups excluding carboxylic acids is 1. The lowest BCUT2D eigenvalue weighted by atomic mass is 10.1. The number of ether oxygens (including phenoxy) is 2. The van der Waals surface area contributed by atoms with E-state index < -0.39 is 0 Å². The van der Waals surface area contributed by atoms with Crippen molar-refractivity contribution >= 4 is 5.91 Å². The Morgan fingerprint density at radius 3 is 2.65 bits per heavy atom. The number of nitrogens with one attached hydrogen (secondary N) is 1. The second-order valence-electron chi connectivity index (χ2n) is 6.21. The van der Waals surface area contributed by atoms with Crippen LogP contribution in [0.4, 0.5) is 0 Å². The average Bonchev–Trinajstić information content (AvgIpc) is 2.95. The zero-order chi connectivity index (χ0) is 16.1. The van der Waals surface area contributed by atoms with Gasteiger partial charge in [0.15, 0.2) is 0 Å². The molecule has 1 amide bonds. The number of rotatable bonds is 5. The number of amides is 1. The molecule has 3 heterocycles. The van der Waals surface area contributed by atoms with Gasteiger partial charge in [-0.2, -0.15) is 5.10 Å². The van der Waals surface area contributed by atoms with E-state index in [1.165, 1.54) is 0 Å². The SMILES string of the molecule is Cc1cnn(CCN2CCOCC2)c1C(=O)NC1CCOCC1. The Balaban J connectivity index is 1.59. The van der Waals surface area contributed by atoms with Crippen LogP contribution in [0.3, 0.4) is 0 Å². The molecule has 2 aliphatic rings. The zero-order valence-electron chi connectivity index (χ0n) is 13.8. The minimum absolute atomic E-state index is 0.0196. The van der Waals surface area contributed by atoms with Crippen molar-refractivity contribution in [1.29, 1.82) is 0 Å². The number of carbonyl (C=O) groups is 1. The topological polar surface area (TPSA) is 68.6 Å². The van der Waals surface area contributed by atoms with Crippen LogP contribution in [-0.4, -0.2) is 72.7 Å². The van der Waals surface area contributed by atoms with Crippen molar-refractivity contribution in [2.45, 2.75) is 32.4 Å². The number of hydrogen-bond acceptors (Lipinski definition) is 5. The fraction of sp³-hybridized carbons (Fsp3) is 0.750. The fourth-order valence-electron chi connectivity index (χ4n) is 3.10. The standard InChI is InChI=1S/C16H26N4O3/c1-13-12-17-20(5-4-19-6-10-23-11-7-19)15(13)16(21)18-14-2-8-22-9-3-14/h12,14H,2-11H2,1H3,(H,18,21). The van der Waals surface area contributed by atoms with E-state index >= 15 is 0 Å². The molecule has 2 fully saturated rings. The Kier molecular flexibility index (Phi) is 5.64. The number of morpholine rings is 1. The third-order valence-corrected chi connectivity index (χ3v) is 4.53. The van der Waals surface area contributed by atoms with E-state index in [9.17, 15) is 4.79 Å². The van der Waals surface area contributed by atoms with Crippen LogP contribution in [0, 0.1) is 6.92 Å². The normalized spacial score (nSPS) is 20.6. The van der Waals surface area contributed by atoms with Gasteiger partial charge in [0.25, 0.3) is 5.91 Å². The molecule has 0 unspecified atom stereocenters. The summed E-state index contributed by atoms with van der Waals surface area (Å²) in [7, 11) is 0. The molecule has 3 rings (SSSR count). The van der Waals surface area contributed by atoms with Gasteiger partial charge in [0.05, 0.1) is 26.0 Å². The van der Waals surface area contributed by atoms with Crippen LogP contribution in [0.1, 0.15) is 28.9 Å². The van der Waals surface area contributed by atoms with Gasteiger partial charge in [-0.1, -0.05) is 0 Å². The lowest BCUT2D eigenvalue weighted by Gasteiger charge is -2.27. The predicted octanol–water partition coefficient (Wildman–Crippen LogP) is 0.433. The van der Waals surface area contributed by atoms with Gasteiger partial charge in [0.2, 0.25) is 0 Å². The molecule has 0 aromatic carbocycles. The summed E-state index contributed by atoms with van der Waals surface area (Å²) in [5.74, 6) is -0.0196. The molecule has 0 aliphatic carbocycles. The van der Waals surface area contributed by atoms with Crippen LogP contribution >= 0.6 is 0 Å². The van der Waals surface area contributed by atoms with Gasteiger partial charge in [-0.3, -0.25) is 14.4 Å². The monoisotopic (exact) mass is 322 g/mol. The first kappa shape index (κ1) is 16.4.